The number of nitrogens with one attached hydrogen (secondary N) is 1. The molecule has 1 aromatic rings. The summed E-state index contributed by atoms with van der Waals surface area (Å²) in [6.45, 7) is 4.47. The Balaban J connectivity index is 2.10. The standard InChI is InChI=1S/C14H21ClN2O/c1-4-14(5-2)12(16-3)7-13(14)18-11-6-10(15)8-17-9-11/h6,8-9,12-13,16H,4-5,7H2,1-3H3. The van der Waals surface area contributed by atoms with Gasteiger partial charge in [0.25, 0.3) is 0 Å². The summed E-state index contributed by atoms with van der Waals surface area (Å²) >= 11 is 5.93. The molecule has 100 valence electrons. The lowest BCUT2D eigenvalue weighted by atomic mass is 9.58. The fourth-order valence-electron chi connectivity index (χ4n) is 3.14. The topological polar surface area (TPSA) is 34.1 Å². The summed E-state index contributed by atoms with van der Waals surface area (Å²) in [7, 11) is 2.03. The average molecular weight is 269 g/mol. The first-order chi connectivity index (χ1) is 8.66. The molecular formula is C14H21ClN2O. The van der Waals surface area contributed by atoms with Crippen LogP contribution in [0.4, 0.5) is 0 Å². The molecule has 0 radical (unpaired) electrons. The van der Waals surface area contributed by atoms with Gasteiger partial charge in [-0.3, -0.25) is 4.98 Å². The van der Waals surface area contributed by atoms with Gasteiger partial charge in [0.1, 0.15) is 11.9 Å². The molecule has 2 atom stereocenters. The lowest BCUT2D eigenvalue weighted by Crippen LogP contribution is -2.63. The fraction of sp³-hybridized carbons (Fsp3) is 0.643. The molecule has 4 heteroatoms. The predicted octanol–water partition coefficient (Wildman–Crippen LogP) is 3.28. The van der Waals surface area contributed by atoms with E-state index in [1.54, 1.807) is 12.4 Å². The Hall–Kier alpha value is -0.800. The molecule has 1 saturated carbocycles. The van der Waals surface area contributed by atoms with Crippen LogP contribution in [0.5, 0.6) is 5.75 Å². The predicted molar refractivity (Wildman–Crippen MR) is 74.1 cm³/mol. The highest BCUT2D eigenvalue weighted by atomic mass is 35.5. The Morgan fingerprint density at radius 2 is 2.17 bits per heavy atom. The smallest absolute Gasteiger partial charge is 0.139 e. The second-order valence-electron chi connectivity index (χ2n) is 4.96. The van der Waals surface area contributed by atoms with Crippen LogP contribution >= 0.6 is 11.6 Å². The van der Waals surface area contributed by atoms with Crippen LogP contribution in [0.15, 0.2) is 18.5 Å². The van der Waals surface area contributed by atoms with Crippen molar-refractivity contribution in [3.05, 3.63) is 23.5 Å². The number of pyridine rings is 1. The van der Waals surface area contributed by atoms with E-state index in [-0.39, 0.29) is 11.5 Å². The highest BCUT2D eigenvalue weighted by Crippen LogP contribution is 2.48. The van der Waals surface area contributed by atoms with Crippen molar-refractivity contribution in [2.45, 2.75) is 45.3 Å². The molecule has 1 N–H and O–H groups in total. The summed E-state index contributed by atoms with van der Waals surface area (Å²) in [4.78, 5) is 4.06. The highest BCUT2D eigenvalue weighted by Gasteiger charge is 2.53. The molecule has 2 rings (SSSR count). The Morgan fingerprint density at radius 1 is 1.44 bits per heavy atom. The molecule has 3 nitrogen and oxygen atoms in total. The van der Waals surface area contributed by atoms with Gasteiger partial charge in [0.2, 0.25) is 0 Å². The van der Waals surface area contributed by atoms with Crippen molar-refractivity contribution in [3.8, 4) is 5.75 Å². The molecule has 1 aliphatic rings. The van der Waals surface area contributed by atoms with Crippen molar-refractivity contribution in [2.75, 3.05) is 7.05 Å². The van der Waals surface area contributed by atoms with Gasteiger partial charge in [-0.05, 0) is 19.9 Å². The lowest BCUT2D eigenvalue weighted by Gasteiger charge is -2.55. The summed E-state index contributed by atoms with van der Waals surface area (Å²) < 4.78 is 6.07. The zero-order valence-corrected chi connectivity index (χ0v) is 12.0. The molecule has 18 heavy (non-hydrogen) atoms. The van der Waals surface area contributed by atoms with Crippen molar-refractivity contribution in [3.63, 3.8) is 0 Å². The van der Waals surface area contributed by atoms with Gasteiger partial charge < -0.3 is 10.1 Å². The summed E-state index contributed by atoms with van der Waals surface area (Å²) in [5.41, 5.74) is 0.233. The second kappa shape index (κ2) is 5.45. The van der Waals surface area contributed by atoms with E-state index in [9.17, 15) is 0 Å². The van der Waals surface area contributed by atoms with E-state index in [2.05, 4.69) is 24.1 Å². The Kier molecular flexibility index (Phi) is 4.13. The van der Waals surface area contributed by atoms with Crippen LogP contribution in [0.1, 0.15) is 33.1 Å². The monoisotopic (exact) mass is 268 g/mol. The number of ether oxygens (including phenoxy) is 1. The van der Waals surface area contributed by atoms with Crippen molar-refractivity contribution in [1.82, 2.24) is 10.3 Å². The van der Waals surface area contributed by atoms with Gasteiger partial charge >= 0.3 is 0 Å². The molecule has 0 bridgehead atoms. The number of nitrogens with zero attached hydrogens (tertiary/aromatic N) is 1. The normalized spacial score (nSPS) is 25.6. The number of hydrogen-bond donors (Lipinski definition) is 1. The molecule has 1 heterocycles. The summed E-state index contributed by atoms with van der Waals surface area (Å²) in [5.74, 6) is 0.772. The maximum absolute atomic E-state index is 6.07. The molecular weight excluding hydrogens is 248 g/mol. The largest absolute Gasteiger partial charge is 0.488 e. The van der Waals surface area contributed by atoms with E-state index < -0.39 is 0 Å². The van der Waals surface area contributed by atoms with Crippen LogP contribution in [-0.4, -0.2) is 24.2 Å². The minimum Gasteiger partial charge on any atom is -0.488 e. The maximum Gasteiger partial charge on any atom is 0.139 e. The molecule has 2 unspecified atom stereocenters. The highest BCUT2D eigenvalue weighted by molar-refractivity contribution is 6.30. The van der Waals surface area contributed by atoms with Gasteiger partial charge in [0.05, 0.1) is 11.2 Å². The molecule has 1 aliphatic carbocycles. The van der Waals surface area contributed by atoms with Crippen LogP contribution in [0.25, 0.3) is 0 Å². The van der Waals surface area contributed by atoms with Gasteiger partial charge in [-0.25, -0.2) is 0 Å². The van der Waals surface area contributed by atoms with Crippen LogP contribution in [-0.2, 0) is 0 Å². The first-order valence-corrected chi connectivity index (χ1v) is 6.98. The van der Waals surface area contributed by atoms with Crippen molar-refractivity contribution < 1.29 is 4.74 Å². The van der Waals surface area contributed by atoms with Gasteiger partial charge in [0.15, 0.2) is 0 Å². The zero-order chi connectivity index (χ0) is 13.2. The molecule has 0 saturated heterocycles. The zero-order valence-electron chi connectivity index (χ0n) is 11.2. The minimum absolute atomic E-state index is 0.233. The molecule has 0 aromatic carbocycles. The van der Waals surface area contributed by atoms with E-state index in [0.717, 1.165) is 25.0 Å². The van der Waals surface area contributed by atoms with Crippen LogP contribution in [0.3, 0.4) is 0 Å². The van der Waals surface area contributed by atoms with Crippen molar-refractivity contribution in [2.24, 2.45) is 5.41 Å². The number of aromatic nitrogens is 1. The molecule has 1 aromatic heterocycles. The number of halogens is 1. The van der Waals surface area contributed by atoms with Crippen LogP contribution in [0.2, 0.25) is 5.02 Å². The second-order valence-corrected chi connectivity index (χ2v) is 5.40. The minimum atomic E-state index is 0.233. The molecule has 0 aliphatic heterocycles. The quantitative estimate of drug-likeness (QED) is 0.890. The van der Waals surface area contributed by atoms with Crippen molar-refractivity contribution in [1.29, 1.82) is 0 Å². The van der Waals surface area contributed by atoms with E-state index in [1.807, 2.05) is 13.1 Å². The Labute approximate surface area is 114 Å². The van der Waals surface area contributed by atoms with Gasteiger partial charge in [0, 0.05) is 30.1 Å². The Morgan fingerprint density at radius 3 is 2.72 bits per heavy atom. The SMILES string of the molecule is CCC1(CC)C(NC)CC1Oc1cncc(Cl)c1. The van der Waals surface area contributed by atoms with Crippen LogP contribution < -0.4 is 10.1 Å². The fourth-order valence-corrected chi connectivity index (χ4v) is 3.30. The number of hydrogen-bond acceptors (Lipinski definition) is 3. The average Bonchev–Trinajstić information content (AvgIpc) is 2.36. The van der Waals surface area contributed by atoms with Gasteiger partial charge in [-0.1, -0.05) is 25.4 Å². The van der Waals surface area contributed by atoms with E-state index >= 15 is 0 Å². The van der Waals surface area contributed by atoms with Crippen molar-refractivity contribution >= 4 is 11.6 Å². The Bertz CT molecular complexity index is 407. The summed E-state index contributed by atoms with van der Waals surface area (Å²) in [6.07, 6.45) is 6.89. The van der Waals surface area contributed by atoms with E-state index in [4.69, 9.17) is 16.3 Å². The van der Waals surface area contributed by atoms with E-state index in [1.165, 1.54) is 0 Å². The van der Waals surface area contributed by atoms with Crippen LogP contribution in [0, 0.1) is 5.41 Å². The summed E-state index contributed by atoms with van der Waals surface area (Å²) in [6, 6.07) is 2.38. The molecule has 1 fully saturated rings. The molecule has 0 amide bonds. The lowest BCUT2D eigenvalue weighted by molar-refractivity contribution is -0.0837. The summed E-state index contributed by atoms with van der Waals surface area (Å²) in [5, 5.41) is 4.02. The number of rotatable bonds is 5. The third-order valence-corrected chi connectivity index (χ3v) is 4.61. The van der Waals surface area contributed by atoms with Gasteiger partial charge in [-0.15, -0.1) is 0 Å². The third kappa shape index (κ3) is 2.21. The first-order valence-electron chi connectivity index (χ1n) is 6.60. The third-order valence-electron chi connectivity index (χ3n) is 4.41. The molecule has 0 spiro atoms. The maximum atomic E-state index is 6.07. The first kappa shape index (κ1) is 13.6. The van der Waals surface area contributed by atoms with Gasteiger partial charge in [-0.2, -0.15) is 0 Å². The van der Waals surface area contributed by atoms with E-state index in [0.29, 0.717) is 11.1 Å².